The van der Waals surface area contributed by atoms with Gasteiger partial charge in [-0.15, -0.1) is 0 Å². The first-order valence-electron chi connectivity index (χ1n) is 32.8. The largest absolute Gasteiger partial charge is 0.487 e. The molecule has 0 saturated heterocycles. The van der Waals surface area contributed by atoms with Crippen LogP contribution in [-0.4, -0.2) is 236 Å². The molecule has 21 heteroatoms. The molecule has 0 radical (unpaired) electrons. The standard InChI is InChI=1S/C66H121NO20/c1-55(2)13-10-14-56(3)15-11-16-57(4)17-12-21-66(8)22-20-61-60(7)64(58(5)59(6)65(61)87-66)86-63(69)19-18-62(68)67-23-24-71-27-28-73-31-32-75-35-36-77-39-40-79-43-44-81-47-48-83-51-52-85-54-53-84-50-49-82-46-45-80-42-41-78-38-37-76-34-33-74-30-29-72-26-25-70-9/h55-57H,10-54H2,1-9H3,(H,67,68). The van der Waals surface area contributed by atoms with Crippen molar-refractivity contribution in [1.29, 1.82) is 0 Å². The third-order valence-electron chi connectivity index (χ3n) is 14.8. The van der Waals surface area contributed by atoms with Gasteiger partial charge >= 0.3 is 5.97 Å². The van der Waals surface area contributed by atoms with Gasteiger partial charge in [-0.05, 0) is 87.8 Å². The summed E-state index contributed by atoms with van der Waals surface area (Å²) in [6.45, 7) is 33.1. The Morgan fingerprint density at radius 2 is 0.770 bits per heavy atom. The summed E-state index contributed by atoms with van der Waals surface area (Å²) < 4.78 is 100. The van der Waals surface area contributed by atoms with E-state index in [-0.39, 0.29) is 24.3 Å². The Hall–Kier alpha value is -2.68. The average molecular weight is 1250 g/mol. The van der Waals surface area contributed by atoms with Crippen LogP contribution in [0.1, 0.15) is 134 Å². The fraction of sp³-hybridized carbons (Fsp3) is 0.879. The number of nitrogens with one attached hydrogen (secondary N) is 1. The summed E-state index contributed by atoms with van der Waals surface area (Å²) in [7, 11) is 1.64. The second-order valence-electron chi connectivity index (χ2n) is 22.9. The maximum atomic E-state index is 13.0. The molecule has 0 saturated carbocycles. The van der Waals surface area contributed by atoms with Crippen molar-refractivity contribution in [1.82, 2.24) is 5.32 Å². The Bertz CT molecular complexity index is 1780. The van der Waals surface area contributed by atoms with E-state index in [1.807, 2.05) is 13.8 Å². The molecule has 1 aromatic carbocycles. The lowest BCUT2D eigenvalue weighted by Crippen LogP contribution is -2.37. The van der Waals surface area contributed by atoms with E-state index in [1.54, 1.807) is 7.11 Å². The first-order chi connectivity index (χ1) is 42.4. The molecule has 0 aromatic heterocycles. The smallest absolute Gasteiger partial charge is 0.311 e. The van der Waals surface area contributed by atoms with Crippen molar-refractivity contribution in [3.05, 3.63) is 22.3 Å². The van der Waals surface area contributed by atoms with Gasteiger partial charge in [-0.25, -0.2) is 0 Å². The topological polar surface area (TPSA) is 212 Å². The number of methoxy groups -OCH3 is 1. The Kier molecular flexibility index (Phi) is 51.9. The van der Waals surface area contributed by atoms with Crippen molar-refractivity contribution in [3.8, 4) is 11.5 Å². The minimum atomic E-state index is -0.427. The van der Waals surface area contributed by atoms with Crippen LogP contribution in [-0.2, 0) is 91.8 Å². The second-order valence-corrected chi connectivity index (χ2v) is 22.9. The number of benzene rings is 1. The lowest BCUT2D eigenvalue weighted by Gasteiger charge is -2.38. The summed E-state index contributed by atoms with van der Waals surface area (Å²) >= 11 is 0. The average Bonchev–Trinajstić information content (AvgIpc) is 1.97. The minimum Gasteiger partial charge on any atom is -0.487 e. The highest BCUT2D eigenvalue weighted by Crippen LogP contribution is 2.45. The van der Waals surface area contributed by atoms with Crippen molar-refractivity contribution in [2.45, 2.75) is 144 Å². The van der Waals surface area contributed by atoms with Crippen LogP contribution in [0.4, 0.5) is 0 Å². The number of hydrogen-bond donors (Lipinski definition) is 1. The lowest BCUT2D eigenvalue weighted by molar-refractivity contribution is -0.136. The zero-order chi connectivity index (χ0) is 63.1. The Morgan fingerprint density at radius 3 is 1.13 bits per heavy atom. The van der Waals surface area contributed by atoms with Crippen molar-refractivity contribution in [2.24, 2.45) is 17.8 Å². The predicted molar refractivity (Wildman–Crippen MR) is 335 cm³/mol. The van der Waals surface area contributed by atoms with Gasteiger partial charge in [0, 0.05) is 25.6 Å². The number of fused-ring (bicyclic) bond motifs is 1. The Labute approximate surface area is 524 Å². The van der Waals surface area contributed by atoms with Gasteiger partial charge in [-0.1, -0.05) is 72.6 Å². The number of amides is 1. The molecule has 2 rings (SSSR count). The van der Waals surface area contributed by atoms with E-state index < -0.39 is 5.97 Å². The lowest BCUT2D eigenvalue weighted by atomic mass is 9.83. The molecule has 1 aliphatic heterocycles. The molecule has 3 atom stereocenters. The summed E-state index contributed by atoms with van der Waals surface area (Å²) in [6.07, 6.45) is 13.3. The van der Waals surface area contributed by atoms with E-state index in [0.29, 0.717) is 217 Å². The van der Waals surface area contributed by atoms with Gasteiger partial charge in [0.05, 0.1) is 211 Å². The van der Waals surface area contributed by atoms with Crippen molar-refractivity contribution < 1.29 is 94.9 Å². The van der Waals surface area contributed by atoms with Crippen molar-refractivity contribution >= 4 is 11.9 Å². The highest BCUT2D eigenvalue weighted by atomic mass is 16.6. The SMILES string of the molecule is COCCOCCOCCOCCOCCOCCOCCOCCOCCOCCOCCOCCOCCOCCOCCOCCNC(=O)CCC(=O)Oc1c(C)c(C)c2c(c1C)CCC(C)(CCCC(C)CCCC(C)CCCC(C)C)O2. The van der Waals surface area contributed by atoms with Gasteiger partial charge < -0.3 is 90.6 Å². The number of carbonyl (C=O) groups is 2. The van der Waals surface area contributed by atoms with E-state index in [0.717, 1.165) is 71.4 Å². The first kappa shape index (κ1) is 80.4. The van der Waals surface area contributed by atoms with Gasteiger partial charge in [0.15, 0.2) is 0 Å². The summed E-state index contributed by atoms with van der Waals surface area (Å²) in [6, 6.07) is 0. The van der Waals surface area contributed by atoms with Crippen LogP contribution in [0.2, 0.25) is 0 Å². The fourth-order valence-corrected chi connectivity index (χ4v) is 9.47. The maximum Gasteiger partial charge on any atom is 0.311 e. The van der Waals surface area contributed by atoms with E-state index in [2.05, 4.69) is 46.9 Å². The summed E-state index contributed by atoms with van der Waals surface area (Å²) in [5.41, 5.74) is 3.77. The molecule has 0 aliphatic carbocycles. The van der Waals surface area contributed by atoms with Crippen molar-refractivity contribution in [2.75, 3.05) is 218 Å². The molecule has 1 heterocycles. The first-order valence-corrected chi connectivity index (χ1v) is 32.8. The molecule has 1 aromatic rings. The second kappa shape index (κ2) is 56.1. The van der Waals surface area contributed by atoms with Crippen molar-refractivity contribution in [3.63, 3.8) is 0 Å². The van der Waals surface area contributed by atoms with Crippen LogP contribution < -0.4 is 14.8 Å². The molecule has 21 nitrogen and oxygen atoms in total. The molecule has 1 aliphatic rings. The number of carbonyl (C=O) groups excluding carboxylic acids is 2. The zero-order valence-corrected chi connectivity index (χ0v) is 55.7. The quantitative estimate of drug-likeness (QED) is 0.0366. The monoisotopic (exact) mass is 1250 g/mol. The van der Waals surface area contributed by atoms with Crippen LogP contribution in [0, 0.1) is 38.5 Å². The van der Waals surface area contributed by atoms with Gasteiger partial charge in [-0.2, -0.15) is 0 Å². The molecule has 0 bridgehead atoms. The molecular formula is C66H121NO20. The number of ether oxygens (including phenoxy) is 18. The highest BCUT2D eigenvalue weighted by molar-refractivity contribution is 5.82. The molecule has 0 spiro atoms. The molecule has 1 amide bonds. The summed E-state index contributed by atoms with van der Waals surface area (Å²) in [4.78, 5) is 25.5. The zero-order valence-electron chi connectivity index (χ0n) is 55.7. The highest BCUT2D eigenvalue weighted by Gasteiger charge is 2.35. The van der Waals surface area contributed by atoms with Crippen LogP contribution in [0.5, 0.6) is 11.5 Å². The van der Waals surface area contributed by atoms with E-state index in [4.69, 9.17) is 85.3 Å². The molecule has 1 N–H and O–H groups in total. The van der Waals surface area contributed by atoms with Gasteiger partial charge in [0.2, 0.25) is 5.91 Å². The third kappa shape index (κ3) is 45.3. The molecule has 87 heavy (non-hydrogen) atoms. The Morgan fingerprint density at radius 1 is 0.437 bits per heavy atom. The van der Waals surface area contributed by atoms with Gasteiger partial charge in [0.25, 0.3) is 0 Å². The van der Waals surface area contributed by atoms with E-state index in [1.165, 1.54) is 44.9 Å². The van der Waals surface area contributed by atoms with Crippen LogP contribution in [0.25, 0.3) is 0 Å². The van der Waals surface area contributed by atoms with Crippen LogP contribution in [0.15, 0.2) is 0 Å². The fourth-order valence-electron chi connectivity index (χ4n) is 9.47. The number of rotatable bonds is 64. The van der Waals surface area contributed by atoms with Gasteiger partial charge in [-0.3, -0.25) is 9.59 Å². The number of hydrogen-bond acceptors (Lipinski definition) is 20. The molecular weight excluding hydrogens is 1130 g/mol. The summed E-state index contributed by atoms with van der Waals surface area (Å²) in [5, 5.41) is 2.81. The summed E-state index contributed by atoms with van der Waals surface area (Å²) in [5.74, 6) is 3.24. The van der Waals surface area contributed by atoms with Crippen LogP contribution >= 0.6 is 0 Å². The van der Waals surface area contributed by atoms with Gasteiger partial charge in [0.1, 0.15) is 17.1 Å². The predicted octanol–water partition coefficient (Wildman–Crippen LogP) is 8.83. The maximum absolute atomic E-state index is 13.0. The normalized spacial score (nSPS) is 14.8. The Balaban J connectivity index is 1.29. The third-order valence-corrected chi connectivity index (χ3v) is 14.8. The molecule has 0 fully saturated rings. The molecule has 3 unspecified atom stereocenters. The molecule has 510 valence electrons. The van der Waals surface area contributed by atoms with E-state index >= 15 is 0 Å². The van der Waals surface area contributed by atoms with E-state index in [9.17, 15) is 9.59 Å². The minimum absolute atomic E-state index is 0.0177. The van der Waals surface area contributed by atoms with Crippen LogP contribution in [0.3, 0.4) is 0 Å². The number of esters is 1.